The molecule has 5 nitrogen and oxygen atoms in total. The number of pyridine rings is 1. The second-order valence-electron chi connectivity index (χ2n) is 5.79. The van der Waals surface area contributed by atoms with Crippen molar-refractivity contribution in [2.45, 2.75) is 25.3 Å². The van der Waals surface area contributed by atoms with Gasteiger partial charge in [0, 0.05) is 18.1 Å². The number of nitrogens with zero attached hydrogens (tertiary/aromatic N) is 2. The quantitative estimate of drug-likeness (QED) is 0.799. The molecule has 0 aliphatic carbocycles. The van der Waals surface area contributed by atoms with Gasteiger partial charge in [-0.3, -0.25) is 0 Å². The van der Waals surface area contributed by atoms with Gasteiger partial charge in [-0.25, -0.2) is 13.4 Å². The molecule has 0 amide bonds. The predicted octanol–water partition coefficient (Wildman–Crippen LogP) is 2.97. The lowest BCUT2D eigenvalue weighted by atomic mass is 10.2. The third-order valence-corrected chi connectivity index (χ3v) is 5.05. The summed E-state index contributed by atoms with van der Waals surface area (Å²) in [5.74, 6) is 0. The van der Waals surface area contributed by atoms with Crippen molar-refractivity contribution in [1.29, 1.82) is 0 Å². The van der Waals surface area contributed by atoms with E-state index in [2.05, 4.69) is 10.3 Å². The molecule has 23 heavy (non-hydrogen) atoms. The minimum Gasteiger partial charge on any atom is -0.379 e. The number of sulfone groups is 1. The van der Waals surface area contributed by atoms with Crippen LogP contribution in [0.2, 0.25) is 0 Å². The van der Waals surface area contributed by atoms with Gasteiger partial charge in [0.05, 0.1) is 23.3 Å². The number of benzene rings is 1. The Morgan fingerprint density at radius 3 is 2.70 bits per heavy atom. The van der Waals surface area contributed by atoms with Crippen LogP contribution in [0.15, 0.2) is 47.6 Å². The lowest BCUT2D eigenvalue weighted by Gasteiger charge is -2.10. The lowest BCUT2D eigenvalue weighted by Crippen LogP contribution is -2.05. The van der Waals surface area contributed by atoms with E-state index in [1.54, 1.807) is 13.0 Å². The average molecular weight is 329 g/mol. The highest BCUT2D eigenvalue weighted by atomic mass is 32.2. The molecule has 0 fully saturated rings. The molecule has 0 aliphatic rings. The van der Waals surface area contributed by atoms with Crippen molar-refractivity contribution in [2.24, 2.45) is 0 Å². The smallest absolute Gasteiger partial charge is 0.175 e. The van der Waals surface area contributed by atoms with Gasteiger partial charge in [-0.15, -0.1) is 0 Å². The van der Waals surface area contributed by atoms with Gasteiger partial charge < -0.3 is 9.72 Å². The number of imidazole rings is 1. The normalized spacial score (nSPS) is 11.8. The highest BCUT2D eigenvalue weighted by molar-refractivity contribution is 7.90. The van der Waals surface area contributed by atoms with Crippen LogP contribution in [0.5, 0.6) is 0 Å². The molecular formula is C17H19N3O2S. The fraction of sp³-hybridized carbons (Fsp3) is 0.235. The maximum absolute atomic E-state index is 11.8. The Morgan fingerprint density at radius 1 is 1.17 bits per heavy atom. The van der Waals surface area contributed by atoms with Gasteiger partial charge in [0.25, 0.3) is 0 Å². The second-order valence-corrected chi connectivity index (χ2v) is 7.77. The van der Waals surface area contributed by atoms with Gasteiger partial charge in [-0.1, -0.05) is 6.07 Å². The van der Waals surface area contributed by atoms with Crippen LogP contribution in [0.1, 0.15) is 16.8 Å². The number of fused-ring (bicyclic) bond motifs is 1. The Hall–Kier alpha value is -2.34. The molecule has 1 aromatic carbocycles. The monoisotopic (exact) mass is 329 g/mol. The van der Waals surface area contributed by atoms with Crippen LogP contribution in [-0.4, -0.2) is 24.1 Å². The van der Waals surface area contributed by atoms with Crippen molar-refractivity contribution in [3.63, 3.8) is 0 Å². The van der Waals surface area contributed by atoms with E-state index >= 15 is 0 Å². The largest absolute Gasteiger partial charge is 0.379 e. The van der Waals surface area contributed by atoms with Crippen molar-refractivity contribution in [3.05, 3.63) is 59.5 Å². The van der Waals surface area contributed by atoms with Crippen molar-refractivity contribution in [3.8, 4) is 0 Å². The molecule has 0 radical (unpaired) electrons. The fourth-order valence-electron chi connectivity index (χ4n) is 2.57. The lowest BCUT2D eigenvalue weighted by molar-refractivity contribution is 0.601. The van der Waals surface area contributed by atoms with Crippen LogP contribution >= 0.6 is 0 Å². The summed E-state index contributed by atoms with van der Waals surface area (Å²) < 4.78 is 25.6. The Labute approximate surface area is 135 Å². The van der Waals surface area contributed by atoms with Crippen LogP contribution in [0, 0.1) is 13.8 Å². The van der Waals surface area contributed by atoms with Gasteiger partial charge in [0.1, 0.15) is 5.65 Å². The van der Waals surface area contributed by atoms with Gasteiger partial charge in [0.2, 0.25) is 0 Å². The molecule has 0 atom stereocenters. The number of aryl methyl sites for hydroxylation is 2. The molecular weight excluding hydrogens is 310 g/mol. The third-order valence-electron chi connectivity index (χ3n) is 3.81. The zero-order valence-corrected chi connectivity index (χ0v) is 14.2. The molecule has 6 heteroatoms. The predicted molar refractivity (Wildman–Crippen MR) is 91.5 cm³/mol. The molecule has 120 valence electrons. The first-order valence-electron chi connectivity index (χ1n) is 7.32. The first-order valence-corrected chi connectivity index (χ1v) is 9.21. The molecule has 3 rings (SSSR count). The summed E-state index contributed by atoms with van der Waals surface area (Å²) in [6.45, 7) is 4.40. The van der Waals surface area contributed by atoms with E-state index < -0.39 is 9.84 Å². The van der Waals surface area contributed by atoms with E-state index in [0.29, 0.717) is 11.4 Å². The van der Waals surface area contributed by atoms with Crippen LogP contribution in [0.4, 0.5) is 5.69 Å². The number of aromatic nitrogens is 2. The first kappa shape index (κ1) is 15.6. The third kappa shape index (κ3) is 3.22. The SMILES string of the molecule is Cc1ccn2c(CNc3ccc(C)c(S(C)(=O)=O)c3)cnc2c1. The summed E-state index contributed by atoms with van der Waals surface area (Å²) in [7, 11) is -3.23. The van der Waals surface area contributed by atoms with Gasteiger partial charge in [0.15, 0.2) is 9.84 Å². The molecule has 0 bridgehead atoms. The highest BCUT2D eigenvalue weighted by Crippen LogP contribution is 2.20. The van der Waals surface area contributed by atoms with Gasteiger partial charge >= 0.3 is 0 Å². The van der Waals surface area contributed by atoms with E-state index in [1.165, 1.54) is 11.8 Å². The molecule has 0 spiro atoms. The summed E-state index contributed by atoms with van der Waals surface area (Å²) in [6, 6.07) is 9.44. The summed E-state index contributed by atoms with van der Waals surface area (Å²) >= 11 is 0. The van der Waals surface area contributed by atoms with Gasteiger partial charge in [-0.2, -0.15) is 0 Å². The Morgan fingerprint density at radius 2 is 1.96 bits per heavy atom. The van der Waals surface area contributed by atoms with Crippen LogP contribution in [-0.2, 0) is 16.4 Å². The van der Waals surface area contributed by atoms with Crippen molar-refractivity contribution in [2.75, 3.05) is 11.6 Å². The van der Waals surface area contributed by atoms with Crippen molar-refractivity contribution < 1.29 is 8.42 Å². The van der Waals surface area contributed by atoms with Crippen LogP contribution in [0.3, 0.4) is 0 Å². The zero-order valence-electron chi connectivity index (χ0n) is 13.4. The van der Waals surface area contributed by atoms with Crippen LogP contribution in [0.25, 0.3) is 5.65 Å². The second kappa shape index (κ2) is 5.70. The van der Waals surface area contributed by atoms with E-state index in [1.807, 2.05) is 48.0 Å². The van der Waals surface area contributed by atoms with Gasteiger partial charge in [-0.05, 0) is 49.2 Å². The molecule has 2 heterocycles. The topological polar surface area (TPSA) is 63.5 Å². The molecule has 2 aromatic heterocycles. The Balaban J connectivity index is 1.85. The van der Waals surface area contributed by atoms with E-state index in [9.17, 15) is 8.42 Å². The minimum absolute atomic E-state index is 0.358. The number of hydrogen-bond donors (Lipinski definition) is 1. The van der Waals surface area contributed by atoms with E-state index in [0.717, 1.165) is 22.6 Å². The summed E-state index contributed by atoms with van der Waals surface area (Å²) in [5, 5.41) is 3.27. The fourth-order valence-corrected chi connectivity index (χ4v) is 3.56. The maximum atomic E-state index is 11.8. The minimum atomic E-state index is -3.23. The first-order chi connectivity index (χ1) is 10.8. The summed E-state index contributed by atoms with van der Waals surface area (Å²) in [4.78, 5) is 4.75. The average Bonchev–Trinajstić information content (AvgIpc) is 2.87. The Kier molecular flexibility index (Phi) is 3.85. The standard InChI is InChI=1S/C17H19N3O2S/c1-12-6-7-20-15(11-19-17(20)8-12)10-18-14-5-4-13(2)16(9-14)23(3,21)22/h4-9,11,18H,10H2,1-3H3. The molecule has 1 N–H and O–H groups in total. The number of hydrogen-bond acceptors (Lipinski definition) is 4. The van der Waals surface area contributed by atoms with Crippen molar-refractivity contribution >= 4 is 21.2 Å². The van der Waals surface area contributed by atoms with Crippen molar-refractivity contribution in [1.82, 2.24) is 9.38 Å². The van der Waals surface area contributed by atoms with Crippen LogP contribution < -0.4 is 5.32 Å². The van der Waals surface area contributed by atoms with E-state index in [-0.39, 0.29) is 0 Å². The summed E-state index contributed by atoms with van der Waals surface area (Å²) in [6.07, 6.45) is 5.05. The number of nitrogens with one attached hydrogen (secondary N) is 1. The molecule has 0 unspecified atom stereocenters. The van der Waals surface area contributed by atoms with E-state index in [4.69, 9.17) is 0 Å². The molecule has 0 saturated heterocycles. The molecule has 0 aliphatic heterocycles. The summed E-state index contributed by atoms with van der Waals surface area (Å²) in [5.41, 5.74) is 4.62. The molecule has 0 saturated carbocycles. The maximum Gasteiger partial charge on any atom is 0.175 e. The zero-order chi connectivity index (χ0) is 16.6. The molecule has 3 aromatic rings. The number of rotatable bonds is 4. The highest BCUT2D eigenvalue weighted by Gasteiger charge is 2.11. The number of anilines is 1. The Bertz CT molecular complexity index is 975.